The molecular formula is C19H24ClN. The monoisotopic (exact) mass is 301 g/mol. The summed E-state index contributed by atoms with van der Waals surface area (Å²) in [7, 11) is 0. The van der Waals surface area contributed by atoms with Gasteiger partial charge in [-0.15, -0.1) is 0 Å². The van der Waals surface area contributed by atoms with Crippen molar-refractivity contribution in [1.82, 2.24) is 5.32 Å². The minimum atomic E-state index is 0.824. The zero-order valence-corrected chi connectivity index (χ0v) is 14.1. The van der Waals surface area contributed by atoms with Crippen LogP contribution in [-0.2, 0) is 6.54 Å². The molecule has 0 saturated carbocycles. The van der Waals surface area contributed by atoms with Gasteiger partial charge in [-0.25, -0.2) is 0 Å². The fraction of sp³-hybridized carbons (Fsp3) is 0.368. The summed E-state index contributed by atoms with van der Waals surface area (Å²) in [4.78, 5) is 0. The fourth-order valence-electron chi connectivity index (χ4n) is 2.90. The molecule has 0 saturated heterocycles. The number of nitrogens with one attached hydrogen (secondary N) is 1. The summed E-state index contributed by atoms with van der Waals surface area (Å²) in [6.45, 7) is 10.5. The minimum absolute atomic E-state index is 0.824. The molecule has 1 nitrogen and oxygen atoms in total. The van der Waals surface area contributed by atoms with E-state index in [4.69, 9.17) is 11.6 Å². The molecule has 0 atom stereocenters. The van der Waals surface area contributed by atoms with E-state index in [-0.39, 0.29) is 0 Å². The lowest BCUT2D eigenvalue weighted by Crippen LogP contribution is -2.14. The smallest absolute Gasteiger partial charge is 0.0451 e. The van der Waals surface area contributed by atoms with Crippen molar-refractivity contribution in [3.63, 3.8) is 0 Å². The largest absolute Gasteiger partial charge is 0.313 e. The number of hydrogen-bond acceptors (Lipinski definition) is 1. The van der Waals surface area contributed by atoms with E-state index in [0.29, 0.717) is 0 Å². The highest BCUT2D eigenvalue weighted by molar-refractivity contribution is 6.31. The van der Waals surface area contributed by atoms with Gasteiger partial charge in [0, 0.05) is 11.6 Å². The second-order valence-corrected chi connectivity index (χ2v) is 6.16. The number of benzene rings is 2. The average Bonchev–Trinajstić information content (AvgIpc) is 2.41. The lowest BCUT2D eigenvalue weighted by atomic mass is 9.93. The Hall–Kier alpha value is -1.31. The van der Waals surface area contributed by atoms with Crippen LogP contribution in [-0.4, -0.2) is 6.54 Å². The maximum absolute atomic E-state index is 6.33. The van der Waals surface area contributed by atoms with Crippen molar-refractivity contribution < 1.29 is 0 Å². The van der Waals surface area contributed by atoms with Crippen LogP contribution in [0.1, 0.15) is 35.6 Å². The Morgan fingerprint density at radius 3 is 2.29 bits per heavy atom. The second kappa shape index (κ2) is 7.11. The van der Waals surface area contributed by atoms with Crippen LogP contribution in [0.15, 0.2) is 30.3 Å². The summed E-state index contributed by atoms with van der Waals surface area (Å²) < 4.78 is 0. The topological polar surface area (TPSA) is 12.0 Å². The first-order chi connectivity index (χ1) is 10.0. The molecule has 0 aromatic heterocycles. The van der Waals surface area contributed by atoms with Gasteiger partial charge in [0.25, 0.3) is 0 Å². The standard InChI is InChI=1S/C19H24ClN/c1-5-8-21-12-17-11-16(6-7-18(17)20)19-14(3)9-13(2)10-15(19)4/h6-7,9-11,21H,5,8,12H2,1-4H3. The second-order valence-electron chi connectivity index (χ2n) is 5.76. The zero-order valence-electron chi connectivity index (χ0n) is 13.4. The normalized spacial score (nSPS) is 10.9. The maximum atomic E-state index is 6.33. The van der Waals surface area contributed by atoms with Gasteiger partial charge in [-0.2, -0.15) is 0 Å². The highest BCUT2D eigenvalue weighted by Crippen LogP contribution is 2.31. The molecule has 0 unspecified atom stereocenters. The molecule has 0 bridgehead atoms. The Balaban J connectivity index is 2.39. The van der Waals surface area contributed by atoms with Crippen molar-refractivity contribution in [1.29, 1.82) is 0 Å². The van der Waals surface area contributed by atoms with E-state index in [9.17, 15) is 0 Å². The SMILES string of the molecule is CCCNCc1cc(-c2c(C)cc(C)cc2C)ccc1Cl. The van der Waals surface area contributed by atoms with Crippen molar-refractivity contribution in [2.24, 2.45) is 0 Å². The van der Waals surface area contributed by atoms with Crippen molar-refractivity contribution in [2.45, 2.75) is 40.7 Å². The summed E-state index contributed by atoms with van der Waals surface area (Å²) in [5.41, 5.74) is 7.70. The van der Waals surface area contributed by atoms with E-state index >= 15 is 0 Å². The van der Waals surface area contributed by atoms with Gasteiger partial charge < -0.3 is 5.32 Å². The van der Waals surface area contributed by atoms with Crippen molar-refractivity contribution in [3.05, 3.63) is 57.6 Å². The van der Waals surface area contributed by atoms with Gasteiger partial charge in [0.1, 0.15) is 0 Å². The molecule has 0 aliphatic heterocycles. The summed E-state index contributed by atoms with van der Waals surface area (Å²) in [5, 5.41) is 4.26. The average molecular weight is 302 g/mol. The molecule has 21 heavy (non-hydrogen) atoms. The molecule has 2 aromatic rings. The zero-order chi connectivity index (χ0) is 15.4. The predicted molar refractivity (Wildman–Crippen MR) is 93.1 cm³/mol. The van der Waals surface area contributed by atoms with Crippen molar-refractivity contribution in [2.75, 3.05) is 6.54 Å². The number of rotatable bonds is 5. The van der Waals surface area contributed by atoms with E-state index in [1.807, 2.05) is 6.07 Å². The Labute approximate surface area is 133 Å². The summed E-state index contributed by atoms with van der Waals surface area (Å²) in [6, 6.07) is 10.8. The van der Waals surface area contributed by atoms with E-state index in [0.717, 1.165) is 24.5 Å². The summed E-state index contributed by atoms with van der Waals surface area (Å²) >= 11 is 6.33. The quantitative estimate of drug-likeness (QED) is 0.726. The van der Waals surface area contributed by atoms with Crippen LogP contribution >= 0.6 is 11.6 Å². The Morgan fingerprint density at radius 2 is 1.67 bits per heavy atom. The first-order valence-corrected chi connectivity index (χ1v) is 7.98. The minimum Gasteiger partial charge on any atom is -0.313 e. The highest BCUT2D eigenvalue weighted by Gasteiger charge is 2.09. The highest BCUT2D eigenvalue weighted by atomic mass is 35.5. The molecule has 2 aromatic carbocycles. The molecule has 0 spiro atoms. The van der Waals surface area contributed by atoms with Gasteiger partial charge >= 0.3 is 0 Å². The molecule has 0 aliphatic rings. The summed E-state index contributed by atoms with van der Waals surface area (Å²) in [6.07, 6.45) is 1.13. The van der Waals surface area contributed by atoms with Gasteiger partial charge in [-0.1, -0.05) is 42.3 Å². The Kier molecular flexibility index (Phi) is 5.44. The Bertz CT molecular complexity index is 608. The summed E-state index contributed by atoms with van der Waals surface area (Å²) in [5.74, 6) is 0. The molecule has 0 amide bonds. The first-order valence-electron chi connectivity index (χ1n) is 7.60. The first kappa shape index (κ1) is 16.1. The molecule has 2 heteroatoms. The molecule has 112 valence electrons. The van der Waals surface area contributed by atoms with Crippen LogP contribution in [0.3, 0.4) is 0 Å². The third-order valence-corrected chi connectivity index (χ3v) is 4.12. The molecule has 0 radical (unpaired) electrons. The third-order valence-electron chi connectivity index (χ3n) is 3.75. The molecule has 0 fully saturated rings. The van der Waals surface area contributed by atoms with Crippen LogP contribution in [0, 0.1) is 20.8 Å². The van der Waals surface area contributed by atoms with Gasteiger partial charge in [0.05, 0.1) is 0 Å². The van der Waals surface area contributed by atoms with Crippen molar-refractivity contribution in [3.8, 4) is 11.1 Å². The van der Waals surface area contributed by atoms with Gasteiger partial charge in [0.15, 0.2) is 0 Å². The van der Waals surface area contributed by atoms with Gasteiger partial charge in [-0.3, -0.25) is 0 Å². The molecular weight excluding hydrogens is 278 g/mol. The molecule has 0 aliphatic carbocycles. The third kappa shape index (κ3) is 3.87. The fourth-order valence-corrected chi connectivity index (χ4v) is 3.09. The van der Waals surface area contributed by atoms with Gasteiger partial charge in [0.2, 0.25) is 0 Å². The predicted octanol–water partition coefficient (Wildman–Crippen LogP) is 5.43. The molecule has 1 N–H and O–H groups in total. The van der Waals surface area contributed by atoms with E-state index < -0.39 is 0 Å². The van der Waals surface area contributed by atoms with Gasteiger partial charge in [-0.05, 0) is 73.7 Å². The van der Waals surface area contributed by atoms with Crippen LogP contribution < -0.4 is 5.32 Å². The number of halogens is 1. The maximum Gasteiger partial charge on any atom is 0.0451 e. The van der Waals surface area contributed by atoms with Crippen LogP contribution in [0.25, 0.3) is 11.1 Å². The molecule has 2 rings (SSSR count). The number of hydrogen-bond donors (Lipinski definition) is 1. The Morgan fingerprint density at radius 1 is 1.00 bits per heavy atom. The van der Waals surface area contributed by atoms with E-state index in [2.05, 4.69) is 57.3 Å². The lowest BCUT2D eigenvalue weighted by molar-refractivity contribution is 0.676. The lowest BCUT2D eigenvalue weighted by Gasteiger charge is -2.14. The van der Waals surface area contributed by atoms with Crippen LogP contribution in [0.4, 0.5) is 0 Å². The van der Waals surface area contributed by atoms with E-state index in [1.54, 1.807) is 0 Å². The number of aryl methyl sites for hydroxylation is 3. The van der Waals surface area contributed by atoms with E-state index in [1.165, 1.54) is 33.4 Å². The van der Waals surface area contributed by atoms with Crippen molar-refractivity contribution >= 4 is 11.6 Å². The van der Waals surface area contributed by atoms with Crippen LogP contribution in [0.5, 0.6) is 0 Å². The van der Waals surface area contributed by atoms with Crippen LogP contribution in [0.2, 0.25) is 5.02 Å². The molecule has 0 heterocycles.